The first-order valence-corrected chi connectivity index (χ1v) is 10.4. The summed E-state index contributed by atoms with van der Waals surface area (Å²) in [4.78, 5) is 27.0. The Morgan fingerprint density at radius 1 is 1.17 bits per heavy atom. The lowest BCUT2D eigenvalue weighted by molar-refractivity contribution is -0.380. The van der Waals surface area contributed by atoms with Gasteiger partial charge < -0.3 is 19.9 Å². The van der Waals surface area contributed by atoms with E-state index in [-0.39, 0.29) is 10.9 Å². The largest absolute Gasteiger partial charge is 0.497 e. The molecule has 1 fully saturated rings. The molecule has 8 nitrogen and oxygen atoms in total. The van der Waals surface area contributed by atoms with Crippen molar-refractivity contribution in [1.82, 2.24) is 15.1 Å². The van der Waals surface area contributed by atoms with E-state index in [4.69, 9.17) is 17.0 Å². The number of ether oxygens (including phenoxy) is 1. The summed E-state index contributed by atoms with van der Waals surface area (Å²) in [5, 5.41) is 14.7. The van der Waals surface area contributed by atoms with Crippen LogP contribution in [0, 0.1) is 10.1 Å². The molecule has 0 atom stereocenters. The van der Waals surface area contributed by atoms with Gasteiger partial charge in [0.1, 0.15) is 5.75 Å². The van der Waals surface area contributed by atoms with Gasteiger partial charge in [-0.15, -0.1) is 0 Å². The Morgan fingerprint density at radius 3 is 2.41 bits per heavy atom. The van der Waals surface area contributed by atoms with E-state index in [1.54, 1.807) is 12.0 Å². The van der Waals surface area contributed by atoms with Crippen LogP contribution in [0.25, 0.3) is 0 Å². The maximum absolute atomic E-state index is 12.5. The second-order valence-corrected chi connectivity index (χ2v) is 7.95. The molecule has 3 rings (SSSR count). The molecular formula is C19H22N4O4S2. The summed E-state index contributed by atoms with van der Waals surface area (Å²) in [7, 11) is 1.65. The molecule has 1 amide bonds. The minimum Gasteiger partial charge on any atom is -0.497 e. The van der Waals surface area contributed by atoms with Crippen molar-refractivity contribution >= 4 is 39.6 Å². The summed E-state index contributed by atoms with van der Waals surface area (Å²) >= 11 is 6.39. The van der Waals surface area contributed by atoms with E-state index in [0.717, 1.165) is 30.1 Å². The number of benzene rings is 1. The second kappa shape index (κ2) is 9.66. The highest BCUT2D eigenvalue weighted by molar-refractivity contribution is 7.80. The Labute approximate surface area is 178 Å². The standard InChI is InChI=1S/C19H22N4O4S2/c1-27-15-4-2-14(3-5-15)8-9-20-19(28)22-12-10-21(11-13-22)18(24)16-6-7-17(29-16)23(25)26/h2-7H,8-13H2,1H3,(H,20,28). The van der Waals surface area contributed by atoms with Crippen molar-refractivity contribution in [2.45, 2.75) is 6.42 Å². The van der Waals surface area contributed by atoms with Gasteiger partial charge in [0, 0.05) is 38.8 Å². The van der Waals surface area contributed by atoms with Crippen LogP contribution in [0.5, 0.6) is 5.75 Å². The third kappa shape index (κ3) is 5.42. The van der Waals surface area contributed by atoms with Gasteiger partial charge >= 0.3 is 5.00 Å². The van der Waals surface area contributed by atoms with Crippen LogP contribution in [0.4, 0.5) is 5.00 Å². The first-order valence-electron chi connectivity index (χ1n) is 9.17. The van der Waals surface area contributed by atoms with E-state index in [9.17, 15) is 14.9 Å². The minimum absolute atomic E-state index is 0.0192. The zero-order valence-corrected chi connectivity index (χ0v) is 17.6. The van der Waals surface area contributed by atoms with Crippen molar-refractivity contribution in [2.75, 3.05) is 39.8 Å². The van der Waals surface area contributed by atoms with E-state index < -0.39 is 4.92 Å². The van der Waals surface area contributed by atoms with Crippen LogP contribution < -0.4 is 10.1 Å². The summed E-state index contributed by atoms with van der Waals surface area (Å²) < 4.78 is 5.16. The van der Waals surface area contributed by atoms with Crippen LogP contribution in [0.3, 0.4) is 0 Å². The van der Waals surface area contributed by atoms with Crippen LogP contribution in [0.2, 0.25) is 0 Å². The Hall–Kier alpha value is -2.72. The maximum atomic E-state index is 12.5. The molecule has 0 aliphatic carbocycles. The lowest BCUT2D eigenvalue weighted by atomic mass is 10.1. The van der Waals surface area contributed by atoms with Crippen molar-refractivity contribution in [2.24, 2.45) is 0 Å². The van der Waals surface area contributed by atoms with Crippen molar-refractivity contribution in [1.29, 1.82) is 0 Å². The number of nitro groups is 1. The average molecular weight is 435 g/mol. The summed E-state index contributed by atoms with van der Waals surface area (Å²) in [5.41, 5.74) is 1.20. The number of rotatable bonds is 6. The fourth-order valence-electron chi connectivity index (χ4n) is 3.03. The fraction of sp³-hybridized carbons (Fsp3) is 0.368. The SMILES string of the molecule is COc1ccc(CCNC(=S)N2CCN(C(=O)c3ccc([N+](=O)[O-])s3)CC2)cc1. The molecule has 10 heteroatoms. The lowest BCUT2D eigenvalue weighted by Crippen LogP contribution is -2.53. The van der Waals surface area contributed by atoms with Crippen molar-refractivity contribution in [3.05, 3.63) is 57.0 Å². The van der Waals surface area contributed by atoms with Crippen LogP contribution in [-0.4, -0.2) is 65.6 Å². The minimum atomic E-state index is -0.477. The zero-order valence-electron chi connectivity index (χ0n) is 16.0. The fourth-order valence-corrected chi connectivity index (χ4v) is 4.10. The summed E-state index contributed by atoms with van der Waals surface area (Å²) in [6.07, 6.45) is 0.847. The Balaban J connectivity index is 1.42. The van der Waals surface area contributed by atoms with Gasteiger partial charge in [0.25, 0.3) is 5.91 Å². The molecule has 29 heavy (non-hydrogen) atoms. The number of thiophene rings is 1. The van der Waals surface area contributed by atoms with Crippen molar-refractivity contribution in [3.8, 4) is 5.75 Å². The second-order valence-electron chi connectivity index (χ2n) is 6.50. The summed E-state index contributed by atoms with van der Waals surface area (Å²) in [6, 6.07) is 10.8. The van der Waals surface area contributed by atoms with Gasteiger partial charge in [-0.3, -0.25) is 14.9 Å². The third-order valence-electron chi connectivity index (χ3n) is 4.69. The molecular weight excluding hydrogens is 412 g/mol. The van der Waals surface area contributed by atoms with Crippen LogP contribution in [0.15, 0.2) is 36.4 Å². The van der Waals surface area contributed by atoms with Gasteiger partial charge in [0.15, 0.2) is 5.11 Å². The molecule has 1 N–H and O–H groups in total. The number of hydrogen-bond donors (Lipinski definition) is 1. The molecule has 0 radical (unpaired) electrons. The number of nitrogens with one attached hydrogen (secondary N) is 1. The number of amides is 1. The number of nitrogens with zero attached hydrogens (tertiary/aromatic N) is 3. The highest BCUT2D eigenvalue weighted by atomic mass is 32.1. The summed E-state index contributed by atoms with van der Waals surface area (Å²) in [5.74, 6) is 0.669. The monoisotopic (exact) mass is 434 g/mol. The highest BCUT2D eigenvalue weighted by Gasteiger charge is 2.25. The van der Waals surface area contributed by atoms with Crippen LogP contribution in [-0.2, 0) is 6.42 Å². The molecule has 1 aliphatic rings. The first-order chi connectivity index (χ1) is 14.0. The lowest BCUT2D eigenvalue weighted by Gasteiger charge is -2.36. The van der Waals surface area contributed by atoms with Gasteiger partial charge in [-0.1, -0.05) is 23.5 Å². The van der Waals surface area contributed by atoms with Gasteiger partial charge in [-0.05, 0) is 42.4 Å². The smallest absolute Gasteiger partial charge is 0.324 e. The number of hydrogen-bond acceptors (Lipinski definition) is 6. The summed E-state index contributed by atoms with van der Waals surface area (Å²) in [6.45, 7) is 3.06. The molecule has 154 valence electrons. The molecule has 1 aromatic heterocycles. The van der Waals surface area contributed by atoms with Gasteiger partial charge in [0.2, 0.25) is 0 Å². The van der Waals surface area contributed by atoms with E-state index >= 15 is 0 Å². The zero-order chi connectivity index (χ0) is 20.8. The Morgan fingerprint density at radius 2 is 1.83 bits per heavy atom. The van der Waals surface area contributed by atoms with Crippen molar-refractivity contribution in [3.63, 3.8) is 0 Å². The number of carbonyl (C=O) groups is 1. The van der Waals surface area contributed by atoms with E-state index in [1.807, 2.05) is 29.2 Å². The van der Waals surface area contributed by atoms with E-state index in [1.165, 1.54) is 17.7 Å². The number of carbonyl (C=O) groups excluding carboxylic acids is 1. The predicted octanol–water partition coefficient (Wildman–Crippen LogP) is 2.54. The highest BCUT2D eigenvalue weighted by Crippen LogP contribution is 2.25. The molecule has 0 bridgehead atoms. The van der Waals surface area contributed by atoms with Crippen molar-refractivity contribution < 1.29 is 14.5 Å². The Kier molecular flexibility index (Phi) is 6.99. The normalized spacial score (nSPS) is 13.8. The molecule has 0 unspecified atom stereocenters. The molecule has 1 aliphatic heterocycles. The number of piperazine rings is 1. The molecule has 0 saturated carbocycles. The third-order valence-corrected chi connectivity index (χ3v) is 6.11. The topological polar surface area (TPSA) is 88.0 Å². The van der Waals surface area contributed by atoms with E-state index in [0.29, 0.717) is 36.2 Å². The number of thiocarbonyl (C=S) groups is 1. The van der Waals surface area contributed by atoms with E-state index in [2.05, 4.69) is 5.32 Å². The molecule has 1 aromatic carbocycles. The van der Waals surface area contributed by atoms with Crippen LogP contribution >= 0.6 is 23.6 Å². The maximum Gasteiger partial charge on any atom is 0.324 e. The molecule has 0 spiro atoms. The first kappa shape index (κ1) is 21.0. The van der Waals surface area contributed by atoms with Gasteiger partial charge in [-0.25, -0.2) is 0 Å². The quantitative estimate of drug-likeness (QED) is 0.425. The molecule has 2 aromatic rings. The van der Waals surface area contributed by atoms with Gasteiger partial charge in [-0.2, -0.15) is 0 Å². The van der Waals surface area contributed by atoms with Crippen LogP contribution in [0.1, 0.15) is 15.2 Å². The molecule has 2 heterocycles. The van der Waals surface area contributed by atoms with Gasteiger partial charge in [0.05, 0.1) is 16.9 Å². The average Bonchev–Trinajstić information content (AvgIpc) is 3.24. The predicted molar refractivity (Wildman–Crippen MR) is 116 cm³/mol. The number of methoxy groups -OCH3 is 1. The molecule has 1 saturated heterocycles. The Bertz CT molecular complexity index is 877.